The second-order valence-corrected chi connectivity index (χ2v) is 5.48. The maximum Gasteiger partial charge on any atom is 0.161 e. The summed E-state index contributed by atoms with van der Waals surface area (Å²) in [4.78, 5) is 0. The molecule has 1 aliphatic rings. The van der Waals surface area contributed by atoms with Crippen molar-refractivity contribution in [2.45, 2.75) is 6.42 Å². The lowest BCUT2D eigenvalue weighted by molar-refractivity contribution is 0.354. The van der Waals surface area contributed by atoms with Gasteiger partial charge in [-0.05, 0) is 53.5 Å². The molecule has 0 atom stereocenters. The van der Waals surface area contributed by atoms with Crippen LogP contribution in [0.15, 0.2) is 24.3 Å². The number of benzene rings is 2. The first-order valence-corrected chi connectivity index (χ1v) is 7.52. The average Bonchev–Trinajstić information content (AvgIpc) is 2.74. The van der Waals surface area contributed by atoms with Crippen LogP contribution < -0.4 is 18.9 Å². The Morgan fingerprint density at radius 3 is 1.79 bits per heavy atom. The van der Waals surface area contributed by atoms with E-state index in [0.717, 1.165) is 22.3 Å². The van der Waals surface area contributed by atoms with E-state index in [0.29, 0.717) is 29.4 Å². The Morgan fingerprint density at radius 2 is 1.21 bits per heavy atom. The van der Waals surface area contributed by atoms with Crippen LogP contribution in [0.2, 0.25) is 0 Å². The highest BCUT2D eigenvalue weighted by Gasteiger charge is 2.20. The fourth-order valence-electron chi connectivity index (χ4n) is 2.96. The van der Waals surface area contributed by atoms with Crippen LogP contribution in [-0.2, 0) is 6.42 Å². The number of ether oxygens (including phenoxy) is 4. The third-order valence-corrected chi connectivity index (χ3v) is 4.20. The Hall–Kier alpha value is -2.82. The predicted molar refractivity (Wildman–Crippen MR) is 92.4 cm³/mol. The standard InChI is InChI=1S/C19H20O5/c1-21-16-7-11-5-13-9-18(23-3)19(24-4)10-14(13)15(20)6-12(11)8-17(16)22-2/h6-10,20H,5H2,1-4H3. The Bertz CT molecular complexity index is 808. The van der Waals surface area contributed by atoms with Gasteiger partial charge in [-0.25, -0.2) is 0 Å². The van der Waals surface area contributed by atoms with Gasteiger partial charge in [0.2, 0.25) is 0 Å². The highest BCUT2D eigenvalue weighted by molar-refractivity contribution is 5.83. The molecular weight excluding hydrogens is 308 g/mol. The molecule has 2 aromatic rings. The molecule has 5 heteroatoms. The smallest absolute Gasteiger partial charge is 0.161 e. The molecule has 0 aromatic heterocycles. The lowest BCUT2D eigenvalue weighted by Crippen LogP contribution is -1.99. The first kappa shape index (κ1) is 16.1. The maximum absolute atomic E-state index is 10.6. The second-order valence-electron chi connectivity index (χ2n) is 5.48. The number of aliphatic hydroxyl groups excluding tert-OH is 1. The summed E-state index contributed by atoms with van der Waals surface area (Å²) in [7, 11) is 6.37. The lowest BCUT2D eigenvalue weighted by atomic mass is 9.98. The van der Waals surface area contributed by atoms with Gasteiger partial charge in [-0.2, -0.15) is 0 Å². The molecule has 0 amide bonds. The molecule has 0 fully saturated rings. The SMILES string of the molecule is COc1cc2c(cc1OC)Cc1cc(OC)c(OC)cc1C(O)=C2. The van der Waals surface area contributed by atoms with Crippen LogP contribution in [-0.4, -0.2) is 33.5 Å². The zero-order valence-corrected chi connectivity index (χ0v) is 14.2. The minimum atomic E-state index is 0.178. The quantitative estimate of drug-likeness (QED) is 0.928. The highest BCUT2D eigenvalue weighted by Crippen LogP contribution is 2.39. The van der Waals surface area contributed by atoms with Crippen LogP contribution in [0.4, 0.5) is 0 Å². The molecule has 0 saturated carbocycles. The molecule has 0 radical (unpaired) electrons. The minimum Gasteiger partial charge on any atom is -0.507 e. The van der Waals surface area contributed by atoms with Gasteiger partial charge in [0.25, 0.3) is 0 Å². The summed E-state index contributed by atoms with van der Waals surface area (Å²) in [6.07, 6.45) is 2.36. The van der Waals surface area contributed by atoms with Gasteiger partial charge in [0.05, 0.1) is 28.4 Å². The largest absolute Gasteiger partial charge is 0.507 e. The molecular formula is C19H20O5. The molecule has 0 unspecified atom stereocenters. The molecule has 24 heavy (non-hydrogen) atoms. The summed E-state index contributed by atoms with van der Waals surface area (Å²) < 4.78 is 21.5. The molecule has 126 valence electrons. The van der Waals surface area contributed by atoms with Crippen molar-refractivity contribution >= 4 is 11.8 Å². The van der Waals surface area contributed by atoms with Gasteiger partial charge in [0.15, 0.2) is 23.0 Å². The summed E-state index contributed by atoms with van der Waals surface area (Å²) in [5.74, 6) is 2.68. The van der Waals surface area contributed by atoms with Crippen molar-refractivity contribution in [2.24, 2.45) is 0 Å². The Balaban J connectivity index is 2.19. The molecule has 3 rings (SSSR count). The normalized spacial score (nSPS) is 12.4. The van der Waals surface area contributed by atoms with Crippen LogP contribution in [0.25, 0.3) is 11.8 Å². The number of aliphatic hydroxyl groups is 1. The van der Waals surface area contributed by atoms with Crippen LogP contribution in [0.1, 0.15) is 22.3 Å². The van der Waals surface area contributed by atoms with Gasteiger partial charge in [-0.3, -0.25) is 0 Å². The third-order valence-electron chi connectivity index (χ3n) is 4.20. The number of hydrogen-bond donors (Lipinski definition) is 1. The van der Waals surface area contributed by atoms with Crippen molar-refractivity contribution in [2.75, 3.05) is 28.4 Å². The lowest BCUT2D eigenvalue weighted by Gasteiger charge is -2.14. The summed E-state index contributed by atoms with van der Waals surface area (Å²) in [5.41, 5.74) is 3.60. The van der Waals surface area contributed by atoms with Gasteiger partial charge >= 0.3 is 0 Å². The van der Waals surface area contributed by atoms with E-state index < -0.39 is 0 Å². The summed E-state index contributed by atoms with van der Waals surface area (Å²) in [6, 6.07) is 7.48. The zero-order chi connectivity index (χ0) is 17.3. The van der Waals surface area contributed by atoms with Crippen LogP contribution in [0.5, 0.6) is 23.0 Å². The first-order chi connectivity index (χ1) is 11.6. The molecule has 5 nitrogen and oxygen atoms in total. The first-order valence-electron chi connectivity index (χ1n) is 7.52. The minimum absolute atomic E-state index is 0.178. The summed E-state index contributed by atoms with van der Waals surface area (Å²) in [5, 5.41) is 10.6. The van der Waals surface area contributed by atoms with Crippen LogP contribution in [0.3, 0.4) is 0 Å². The molecule has 0 heterocycles. The monoisotopic (exact) mass is 328 g/mol. The van der Waals surface area contributed by atoms with Crippen molar-refractivity contribution in [3.8, 4) is 23.0 Å². The van der Waals surface area contributed by atoms with Gasteiger partial charge in [0, 0.05) is 5.56 Å². The predicted octanol–water partition coefficient (Wildman–Crippen LogP) is 3.68. The van der Waals surface area contributed by atoms with E-state index in [1.54, 1.807) is 40.6 Å². The maximum atomic E-state index is 10.6. The zero-order valence-electron chi connectivity index (χ0n) is 14.2. The van der Waals surface area contributed by atoms with E-state index >= 15 is 0 Å². The number of hydrogen-bond acceptors (Lipinski definition) is 5. The van der Waals surface area contributed by atoms with Crippen molar-refractivity contribution in [1.82, 2.24) is 0 Å². The van der Waals surface area contributed by atoms with Gasteiger partial charge in [-0.1, -0.05) is 0 Å². The molecule has 0 saturated heterocycles. The van der Waals surface area contributed by atoms with Crippen molar-refractivity contribution in [3.63, 3.8) is 0 Å². The topological polar surface area (TPSA) is 57.2 Å². The highest BCUT2D eigenvalue weighted by atomic mass is 16.5. The van der Waals surface area contributed by atoms with Crippen molar-refractivity contribution in [3.05, 3.63) is 46.5 Å². The van der Waals surface area contributed by atoms with E-state index in [-0.39, 0.29) is 5.76 Å². The van der Waals surface area contributed by atoms with Crippen molar-refractivity contribution in [1.29, 1.82) is 0 Å². The van der Waals surface area contributed by atoms with E-state index in [4.69, 9.17) is 18.9 Å². The fourth-order valence-corrected chi connectivity index (χ4v) is 2.96. The van der Waals surface area contributed by atoms with E-state index in [2.05, 4.69) is 0 Å². The van der Waals surface area contributed by atoms with Gasteiger partial charge in [-0.15, -0.1) is 0 Å². The molecule has 2 aromatic carbocycles. The van der Waals surface area contributed by atoms with E-state index in [1.165, 1.54) is 0 Å². The molecule has 1 aliphatic carbocycles. The molecule has 1 N–H and O–H groups in total. The number of fused-ring (bicyclic) bond motifs is 2. The van der Waals surface area contributed by atoms with Gasteiger partial charge in [0.1, 0.15) is 5.76 Å². The van der Waals surface area contributed by atoms with E-state index in [1.807, 2.05) is 18.2 Å². The Kier molecular flexibility index (Phi) is 4.25. The van der Waals surface area contributed by atoms with E-state index in [9.17, 15) is 5.11 Å². The molecule has 0 spiro atoms. The summed E-state index contributed by atoms with van der Waals surface area (Å²) >= 11 is 0. The summed E-state index contributed by atoms with van der Waals surface area (Å²) in [6.45, 7) is 0. The number of methoxy groups -OCH3 is 4. The molecule has 0 aliphatic heterocycles. The third kappa shape index (κ3) is 2.62. The van der Waals surface area contributed by atoms with Crippen molar-refractivity contribution < 1.29 is 24.1 Å². The Morgan fingerprint density at radius 1 is 0.708 bits per heavy atom. The average molecular weight is 328 g/mol. The molecule has 0 bridgehead atoms. The second kappa shape index (κ2) is 6.35. The fraction of sp³-hybridized carbons (Fsp3) is 0.263. The Labute approximate surface area is 141 Å². The van der Waals surface area contributed by atoms with Crippen LogP contribution >= 0.6 is 0 Å². The van der Waals surface area contributed by atoms with Gasteiger partial charge < -0.3 is 24.1 Å². The van der Waals surface area contributed by atoms with Crippen LogP contribution in [0, 0.1) is 0 Å². The number of rotatable bonds is 4.